The van der Waals surface area contributed by atoms with Crippen LogP contribution in [0.3, 0.4) is 0 Å². The fraction of sp³-hybridized carbons (Fsp3) is 0.400. The topological polar surface area (TPSA) is 100 Å². The lowest BCUT2D eigenvalue weighted by atomic mass is 10.6. The molecule has 69 valence electrons. The summed E-state index contributed by atoms with van der Waals surface area (Å²) in [5.74, 6) is 1.65. The van der Waals surface area contributed by atoms with E-state index in [1.54, 1.807) is 0 Å². The molecule has 0 amide bonds. The zero-order valence-electron chi connectivity index (χ0n) is 6.36. The first-order chi connectivity index (χ1) is 5.52. The molecule has 6 nitrogen and oxygen atoms in total. The van der Waals surface area contributed by atoms with E-state index in [9.17, 15) is 13.6 Å². The van der Waals surface area contributed by atoms with Crippen molar-refractivity contribution in [1.82, 2.24) is 0 Å². The van der Waals surface area contributed by atoms with Crippen LogP contribution in [0, 0.1) is 0 Å². The first-order valence-electron chi connectivity index (χ1n) is 2.97. The van der Waals surface area contributed by atoms with E-state index < -0.39 is 22.2 Å². The van der Waals surface area contributed by atoms with Crippen molar-refractivity contribution >= 4 is 16.5 Å². The van der Waals surface area contributed by atoms with Crippen molar-refractivity contribution in [3.05, 3.63) is 12.7 Å². The fourth-order valence-corrected chi connectivity index (χ4v) is 0.767. The number of hydrogen-bond donors (Lipinski definition) is 1. The van der Waals surface area contributed by atoms with Crippen LogP contribution in [0.5, 0.6) is 0 Å². The zero-order chi connectivity index (χ0) is 9.61. The standard InChI is InChI=1S/C5H10NO5S/c1-2-5(7)10-3-4-12(8,9)11-6/h2H,1,3-4H2,6H3/q+2. The molecule has 12 heavy (non-hydrogen) atoms. The molecule has 0 aromatic heterocycles. The van der Waals surface area contributed by atoms with Gasteiger partial charge in [0.1, 0.15) is 6.61 Å². The molecule has 0 aliphatic rings. The predicted molar refractivity (Wildman–Crippen MR) is 38.7 cm³/mol. The van der Waals surface area contributed by atoms with Crippen LogP contribution in [0.4, 0.5) is 0 Å². The fourth-order valence-electron chi connectivity index (χ4n) is 0.362. The second-order valence-corrected chi connectivity index (χ2v) is 3.51. The number of quaternary nitrogens is 1. The highest BCUT2D eigenvalue weighted by Crippen LogP contribution is 1.97. The summed E-state index contributed by atoms with van der Waals surface area (Å²) < 4.78 is 29.4. The molecule has 3 N–H and O–H groups in total. The Bertz CT molecular complexity index is 216. The first kappa shape index (κ1) is 11.2. The Labute approximate surface area is 70.7 Å². The van der Waals surface area contributed by atoms with Gasteiger partial charge in [-0.1, -0.05) is 6.58 Å². The Morgan fingerprint density at radius 1 is 1.67 bits per heavy atom. The van der Waals surface area contributed by atoms with Gasteiger partial charge in [0.05, 0.1) is 4.55 Å². The van der Waals surface area contributed by atoms with E-state index in [0.717, 1.165) is 6.08 Å². The van der Waals surface area contributed by atoms with Crippen LogP contribution in [0.15, 0.2) is 12.7 Å². The molecule has 1 unspecified atom stereocenters. The van der Waals surface area contributed by atoms with Crippen molar-refractivity contribution in [3.8, 4) is 0 Å². The quantitative estimate of drug-likeness (QED) is 0.254. The number of rotatable bonds is 5. The van der Waals surface area contributed by atoms with Crippen LogP contribution in [-0.2, 0) is 33.1 Å². The Hall–Kier alpha value is -0.760. The molecule has 0 rings (SSSR count). The van der Waals surface area contributed by atoms with Gasteiger partial charge in [-0.2, -0.15) is 5.90 Å². The normalized spacial score (nSPS) is 14.8. The van der Waals surface area contributed by atoms with Crippen LogP contribution in [-0.4, -0.2) is 18.3 Å². The maximum atomic E-state index is 10.6. The highest BCUT2D eigenvalue weighted by atomic mass is 32.3. The van der Waals surface area contributed by atoms with Gasteiger partial charge in [0, 0.05) is 10.4 Å². The highest BCUT2D eigenvalue weighted by Gasteiger charge is 2.32. The smallest absolute Gasteiger partial charge is 0.452 e. The maximum absolute atomic E-state index is 10.6. The second kappa shape index (κ2) is 4.99. The lowest BCUT2D eigenvalue weighted by molar-refractivity contribution is -0.637. The Morgan fingerprint density at radius 3 is 2.67 bits per heavy atom. The molecular formula is C5H10NO5S+2. The molecule has 0 aromatic rings. The van der Waals surface area contributed by atoms with E-state index in [-0.39, 0.29) is 6.61 Å². The van der Waals surface area contributed by atoms with E-state index in [1.165, 1.54) is 0 Å². The van der Waals surface area contributed by atoms with Gasteiger partial charge in [0.25, 0.3) is 0 Å². The van der Waals surface area contributed by atoms with Crippen LogP contribution >= 0.6 is 0 Å². The third-order valence-corrected chi connectivity index (χ3v) is 1.95. The van der Waals surface area contributed by atoms with Crippen molar-refractivity contribution in [2.75, 3.05) is 12.4 Å². The number of carbonyl (C=O) groups is 1. The van der Waals surface area contributed by atoms with E-state index in [0.29, 0.717) is 0 Å². The molecular weight excluding hydrogens is 186 g/mol. The van der Waals surface area contributed by atoms with Gasteiger partial charge in [0.15, 0.2) is 0 Å². The van der Waals surface area contributed by atoms with Crippen LogP contribution in [0.1, 0.15) is 0 Å². The van der Waals surface area contributed by atoms with Crippen molar-refractivity contribution in [1.29, 1.82) is 0 Å². The van der Waals surface area contributed by atoms with E-state index in [2.05, 4.69) is 21.5 Å². The summed E-state index contributed by atoms with van der Waals surface area (Å²) in [7, 11) is -3.65. The number of hydrogen-bond acceptors (Lipinski definition) is 4. The van der Waals surface area contributed by atoms with Gasteiger partial charge >= 0.3 is 16.5 Å². The van der Waals surface area contributed by atoms with Crippen molar-refractivity contribution in [2.24, 2.45) is 0 Å². The molecule has 0 spiro atoms. The van der Waals surface area contributed by atoms with Crippen molar-refractivity contribution in [2.45, 2.75) is 0 Å². The number of ether oxygens (including phenoxy) is 1. The van der Waals surface area contributed by atoms with Crippen LogP contribution in [0.2, 0.25) is 0 Å². The minimum atomic E-state index is -3.65. The number of esters is 1. The average molecular weight is 196 g/mol. The largest absolute Gasteiger partial charge is 0.457 e. The summed E-state index contributed by atoms with van der Waals surface area (Å²) in [4.78, 5) is 10.4. The maximum Gasteiger partial charge on any atom is 0.452 e. The molecule has 0 fully saturated rings. The second-order valence-electron chi connectivity index (χ2n) is 1.75. The molecule has 0 aromatic carbocycles. The summed E-state index contributed by atoms with van der Waals surface area (Å²) in [6.45, 7) is 2.87. The molecule has 0 aliphatic carbocycles. The van der Waals surface area contributed by atoms with Crippen LogP contribution < -0.4 is 5.90 Å². The Balaban J connectivity index is 3.63. The predicted octanol–water partition coefficient (Wildman–Crippen LogP) is -1.35. The molecule has 0 aliphatic heterocycles. The third-order valence-electron chi connectivity index (χ3n) is 0.924. The molecule has 0 bridgehead atoms. The first-order valence-corrected chi connectivity index (χ1v) is 4.55. The molecule has 1 atom stereocenters. The summed E-state index contributed by atoms with van der Waals surface area (Å²) in [5, 5.41) is 0. The molecule has 1 radical (unpaired) electrons. The van der Waals surface area contributed by atoms with Gasteiger partial charge in [-0.3, -0.25) is 0 Å². The summed E-state index contributed by atoms with van der Waals surface area (Å²) >= 11 is 0. The van der Waals surface area contributed by atoms with Gasteiger partial charge in [-0.15, -0.1) is 0 Å². The van der Waals surface area contributed by atoms with Crippen molar-refractivity contribution < 1.29 is 28.5 Å². The van der Waals surface area contributed by atoms with Gasteiger partial charge in [-0.25, -0.2) is 4.79 Å². The minimum Gasteiger partial charge on any atom is -0.457 e. The van der Waals surface area contributed by atoms with E-state index in [4.69, 9.17) is 0 Å². The van der Waals surface area contributed by atoms with E-state index in [1.807, 2.05) is 0 Å². The Kier molecular flexibility index (Phi) is 4.67. The summed E-state index contributed by atoms with van der Waals surface area (Å²) in [6.07, 6.45) is 0.942. The SMILES string of the molecule is C=CC(=O)OCC[S+]([O])(=O)O[NH3+]. The lowest BCUT2D eigenvalue weighted by Crippen LogP contribution is -2.53. The average Bonchev–Trinajstić information content (AvgIpc) is 2.04. The third kappa shape index (κ3) is 4.97. The van der Waals surface area contributed by atoms with Gasteiger partial charge in [-0.05, 0) is 4.21 Å². The minimum absolute atomic E-state index is 0.261. The molecule has 0 heterocycles. The van der Waals surface area contributed by atoms with Gasteiger partial charge < -0.3 is 4.74 Å². The van der Waals surface area contributed by atoms with E-state index >= 15 is 0 Å². The molecule has 0 saturated carbocycles. The molecule has 7 heteroatoms. The van der Waals surface area contributed by atoms with Crippen molar-refractivity contribution in [3.63, 3.8) is 0 Å². The number of carbonyl (C=O) groups excluding carboxylic acids is 1. The molecule has 0 saturated heterocycles. The monoisotopic (exact) mass is 196 g/mol. The summed E-state index contributed by atoms with van der Waals surface area (Å²) in [6, 6.07) is 0. The highest BCUT2D eigenvalue weighted by molar-refractivity contribution is 7.92. The zero-order valence-corrected chi connectivity index (χ0v) is 7.17. The van der Waals surface area contributed by atoms with Crippen LogP contribution in [0.25, 0.3) is 0 Å². The lowest BCUT2D eigenvalue weighted by Gasteiger charge is -1.96. The summed E-state index contributed by atoms with van der Waals surface area (Å²) in [5.41, 5.74) is 0. The Morgan fingerprint density at radius 2 is 2.25 bits per heavy atom. The van der Waals surface area contributed by atoms with Gasteiger partial charge in [0.2, 0.25) is 5.75 Å².